The fourth-order valence-corrected chi connectivity index (χ4v) is 5.30. The van der Waals surface area contributed by atoms with E-state index in [0.29, 0.717) is 41.7 Å². The Morgan fingerprint density at radius 3 is 2.54 bits per heavy atom. The molecule has 1 amide bonds. The Balaban J connectivity index is 1.37. The zero-order valence-corrected chi connectivity index (χ0v) is 21.0. The fraction of sp³-hybridized carbons (Fsp3) is 0.217. The molecule has 0 saturated carbocycles. The van der Waals surface area contributed by atoms with E-state index in [2.05, 4.69) is 9.39 Å². The number of nitrogens with zero attached hydrogens (tertiary/aromatic N) is 3. The van der Waals surface area contributed by atoms with Crippen molar-refractivity contribution in [2.75, 3.05) is 19.0 Å². The smallest absolute Gasteiger partial charge is 0.283 e. The van der Waals surface area contributed by atoms with E-state index in [1.54, 1.807) is 36.4 Å². The van der Waals surface area contributed by atoms with Crippen LogP contribution in [0.2, 0.25) is 5.02 Å². The number of aliphatic imine (C=N–C) groups is 1. The summed E-state index contributed by atoms with van der Waals surface area (Å²) < 4.78 is 39.9. The topological polar surface area (TPSA) is 121 Å². The number of carbonyl (C=O) groups is 1. The van der Waals surface area contributed by atoms with Gasteiger partial charge in [-0.25, -0.2) is 13.3 Å². The summed E-state index contributed by atoms with van der Waals surface area (Å²) in [4.78, 5) is 17.5. The van der Waals surface area contributed by atoms with Crippen LogP contribution >= 0.6 is 23.5 Å². The molecule has 0 radical (unpaired) electrons. The number of fused-ring (bicyclic) bond motifs is 1. The molecule has 0 atom stereocenters. The Morgan fingerprint density at radius 2 is 1.83 bits per heavy atom. The molecule has 9 nitrogen and oxygen atoms in total. The van der Waals surface area contributed by atoms with Gasteiger partial charge >= 0.3 is 0 Å². The first-order valence-corrected chi connectivity index (χ1v) is 13.4. The maximum atomic E-state index is 12.5. The van der Waals surface area contributed by atoms with Crippen LogP contribution in [0.4, 0.5) is 0 Å². The number of hydrogen-bond acceptors (Lipinski definition) is 8. The highest BCUT2D eigenvalue weighted by molar-refractivity contribution is 8.16. The Kier molecular flexibility index (Phi) is 7.58. The summed E-state index contributed by atoms with van der Waals surface area (Å²) in [5, 5.41) is 8.78. The third-order valence-corrected chi connectivity index (χ3v) is 7.71. The van der Waals surface area contributed by atoms with E-state index in [-0.39, 0.29) is 27.5 Å². The molecule has 2 aromatic carbocycles. The molecule has 35 heavy (non-hydrogen) atoms. The first kappa shape index (κ1) is 25.0. The molecule has 2 heterocycles. The van der Waals surface area contributed by atoms with E-state index >= 15 is 0 Å². The zero-order chi connectivity index (χ0) is 25.0. The van der Waals surface area contributed by atoms with Crippen LogP contribution in [0, 0.1) is 5.41 Å². The van der Waals surface area contributed by atoms with Crippen molar-refractivity contribution in [1.82, 2.24) is 4.90 Å². The first-order valence-electron chi connectivity index (χ1n) is 10.6. The second-order valence-electron chi connectivity index (χ2n) is 7.36. The van der Waals surface area contributed by atoms with Crippen LogP contribution in [-0.2, 0) is 14.6 Å². The number of sulfone groups is 1. The minimum absolute atomic E-state index is 0.0272. The van der Waals surface area contributed by atoms with Crippen LogP contribution in [-0.4, -0.2) is 54.4 Å². The van der Waals surface area contributed by atoms with Crippen molar-refractivity contribution < 1.29 is 22.7 Å². The van der Waals surface area contributed by atoms with Crippen molar-refractivity contribution in [2.24, 2.45) is 9.39 Å². The number of carbonyl (C=O) groups excluding carboxylic acids is 1. The number of halogens is 1. The molecule has 1 N–H and O–H groups in total. The summed E-state index contributed by atoms with van der Waals surface area (Å²) in [5.41, 5.74) is 0.607. The summed E-state index contributed by atoms with van der Waals surface area (Å²) in [6, 6.07) is 14.2. The summed E-state index contributed by atoms with van der Waals surface area (Å²) in [5.74, 6) is 0.181. The molecule has 182 valence electrons. The first-order chi connectivity index (χ1) is 16.8. The minimum atomic E-state index is -3.69. The van der Waals surface area contributed by atoms with Gasteiger partial charge in [0.1, 0.15) is 17.3 Å². The van der Waals surface area contributed by atoms with Gasteiger partial charge < -0.3 is 9.47 Å². The number of rotatable bonds is 8. The van der Waals surface area contributed by atoms with Gasteiger partial charge in [-0.15, -0.1) is 0 Å². The summed E-state index contributed by atoms with van der Waals surface area (Å²) >= 11 is 6.83. The van der Waals surface area contributed by atoms with Gasteiger partial charge in [0.25, 0.3) is 5.91 Å². The van der Waals surface area contributed by atoms with Crippen LogP contribution in [0.3, 0.4) is 0 Å². The van der Waals surface area contributed by atoms with E-state index in [1.807, 2.05) is 12.1 Å². The second kappa shape index (κ2) is 10.6. The van der Waals surface area contributed by atoms with Crippen LogP contribution in [0.5, 0.6) is 11.5 Å². The van der Waals surface area contributed by atoms with Crippen LogP contribution in [0.1, 0.15) is 18.9 Å². The highest BCUT2D eigenvalue weighted by atomic mass is 35.5. The number of nitrogens with one attached hydrogen (secondary N) is 1. The van der Waals surface area contributed by atoms with E-state index < -0.39 is 15.7 Å². The lowest BCUT2D eigenvalue weighted by atomic mass is 10.1. The zero-order valence-electron chi connectivity index (χ0n) is 18.6. The number of amides is 1. The summed E-state index contributed by atoms with van der Waals surface area (Å²) in [6.45, 7) is 2.38. The monoisotopic (exact) mass is 532 g/mol. The predicted octanol–water partition coefficient (Wildman–Crippen LogP) is 4.20. The molecule has 2 aliphatic rings. The third kappa shape index (κ3) is 5.58. The van der Waals surface area contributed by atoms with E-state index in [9.17, 15) is 13.2 Å². The molecule has 0 fully saturated rings. The standard InChI is InChI=1S/C23H21ClN4O5S2/c1-2-35(30,31)23-27-34-22-26-21(29)17(20(25)28(22)23)14-15-8-10-16(11-9-15)32-12-5-13-33-19-7-4-3-6-18(19)24/h3-4,6-11,14,25H,2,5,12-13H2,1H3/b17-14-,25-20?. The van der Waals surface area contributed by atoms with Crippen molar-refractivity contribution in [2.45, 2.75) is 13.3 Å². The number of amidine groups is 3. The normalized spacial score (nSPS) is 16.7. The van der Waals surface area contributed by atoms with E-state index in [4.69, 9.17) is 26.5 Å². The summed E-state index contributed by atoms with van der Waals surface area (Å²) in [7, 11) is -3.69. The van der Waals surface area contributed by atoms with Crippen LogP contribution in [0.15, 0.2) is 63.5 Å². The van der Waals surface area contributed by atoms with Gasteiger partial charge in [0.15, 0.2) is 0 Å². The van der Waals surface area contributed by atoms with Crippen molar-refractivity contribution >= 4 is 61.5 Å². The van der Waals surface area contributed by atoms with Crippen molar-refractivity contribution in [1.29, 1.82) is 5.41 Å². The summed E-state index contributed by atoms with van der Waals surface area (Å²) in [6.07, 6.45) is 2.15. The molecule has 4 rings (SSSR count). The van der Waals surface area contributed by atoms with Gasteiger partial charge in [-0.2, -0.15) is 9.39 Å². The molecule has 0 aromatic heterocycles. The minimum Gasteiger partial charge on any atom is -0.493 e. The van der Waals surface area contributed by atoms with Crippen LogP contribution in [0.25, 0.3) is 6.08 Å². The average molecular weight is 533 g/mol. The van der Waals surface area contributed by atoms with Crippen LogP contribution < -0.4 is 9.47 Å². The molecular formula is C23H21ClN4O5S2. The van der Waals surface area contributed by atoms with Gasteiger partial charge in [0, 0.05) is 6.42 Å². The number of benzene rings is 2. The molecule has 2 aromatic rings. The quantitative estimate of drug-likeness (QED) is 0.307. The molecule has 0 saturated heterocycles. The number of para-hydroxylation sites is 1. The largest absolute Gasteiger partial charge is 0.493 e. The van der Waals surface area contributed by atoms with Gasteiger partial charge in [0.05, 0.1) is 41.5 Å². The average Bonchev–Trinajstić information content (AvgIpc) is 3.28. The lowest BCUT2D eigenvalue weighted by molar-refractivity contribution is -0.114. The van der Waals surface area contributed by atoms with Gasteiger partial charge in [-0.1, -0.05) is 42.8 Å². The van der Waals surface area contributed by atoms with Gasteiger partial charge in [-0.05, 0) is 35.9 Å². The maximum absolute atomic E-state index is 12.5. The highest BCUT2D eigenvalue weighted by Gasteiger charge is 2.42. The molecule has 0 aliphatic carbocycles. The SMILES string of the molecule is CCS(=O)(=O)C1=NSC2=NC(=O)/C(=C\c3ccc(OCCCOc4ccccc4Cl)cc3)C(=N)N21. The Labute approximate surface area is 212 Å². The Morgan fingerprint density at radius 1 is 1.11 bits per heavy atom. The number of ether oxygens (including phenoxy) is 2. The molecule has 12 heteroatoms. The molecule has 0 unspecified atom stereocenters. The molecule has 2 aliphatic heterocycles. The maximum Gasteiger partial charge on any atom is 0.283 e. The molecular weight excluding hydrogens is 512 g/mol. The van der Waals surface area contributed by atoms with E-state index in [1.165, 1.54) is 13.0 Å². The van der Waals surface area contributed by atoms with Gasteiger partial charge in [-0.3, -0.25) is 10.2 Å². The number of hydrogen-bond donors (Lipinski definition) is 1. The fourth-order valence-electron chi connectivity index (χ4n) is 3.15. The van der Waals surface area contributed by atoms with Crippen molar-refractivity contribution in [3.8, 4) is 11.5 Å². The highest BCUT2D eigenvalue weighted by Crippen LogP contribution is 2.30. The van der Waals surface area contributed by atoms with Crippen molar-refractivity contribution in [3.05, 3.63) is 64.7 Å². The van der Waals surface area contributed by atoms with E-state index in [0.717, 1.165) is 16.8 Å². The van der Waals surface area contributed by atoms with Crippen molar-refractivity contribution in [3.63, 3.8) is 0 Å². The predicted molar refractivity (Wildman–Crippen MR) is 138 cm³/mol. The lowest BCUT2D eigenvalue weighted by Gasteiger charge is -2.24. The molecule has 0 bridgehead atoms. The van der Waals surface area contributed by atoms with Gasteiger partial charge in [0.2, 0.25) is 20.2 Å². The third-order valence-electron chi connectivity index (χ3n) is 5.00. The Hall–Kier alpha value is -3.15. The Bertz CT molecular complexity index is 1350. The second-order valence-corrected chi connectivity index (χ2v) is 10.7. The lowest BCUT2D eigenvalue weighted by Crippen LogP contribution is -2.45. The molecule has 0 spiro atoms.